The molecular formula is C16H26N2O4S. The summed E-state index contributed by atoms with van der Waals surface area (Å²) in [6, 6.07) is 7.22. The van der Waals surface area contributed by atoms with Crippen LogP contribution in [0.25, 0.3) is 0 Å². The molecule has 7 heteroatoms. The number of hydrogen-bond acceptors (Lipinski definition) is 4. The Morgan fingerprint density at radius 2 is 2.00 bits per heavy atom. The lowest BCUT2D eigenvalue weighted by Gasteiger charge is -2.19. The molecular weight excluding hydrogens is 316 g/mol. The van der Waals surface area contributed by atoms with Gasteiger partial charge in [-0.05, 0) is 46.8 Å². The Balaban J connectivity index is 2.38. The Morgan fingerprint density at radius 3 is 2.61 bits per heavy atom. The number of anilines is 1. The first-order chi connectivity index (χ1) is 10.7. The summed E-state index contributed by atoms with van der Waals surface area (Å²) in [6.45, 7) is 9.84. The van der Waals surface area contributed by atoms with Crippen molar-refractivity contribution in [3.63, 3.8) is 0 Å². The van der Waals surface area contributed by atoms with Crippen molar-refractivity contribution in [2.24, 2.45) is 0 Å². The molecule has 0 aromatic heterocycles. The highest BCUT2D eigenvalue weighted by Crippen LogP contribution is 2.18. The van der Waals surface area contributed by atoms with Gasteiger partial charge in [-0.3, -0.25) is 0 Å². The van der Waals surface area contributed by atoms with E-state index in [9.17, 15) is 9.00 Å². The first-order valence-electron chi connectivity index (χ1n) is 7.54. The van der Waals surface area contributed by atoms with Crippen LogP contribution in [-0.2, 0) is 15.7 Å². The molecule has 0 aliphatic rings. The Morgan fingerprint density at radius 1 is 1.30 bits per heavy atom. The number of carbonyl (C=O) groups is 1. The molecule has 0 heterocycles. The van der Waals surface area contributed by atoms with Crippen LogP contribution in [0, 0.1) is 0 Å². The van der Waals surface area contributed by atoms with Gasteiger partial charge in [-0.2, -0.15) is 0 Å². The molecule has 0 fully saturated rings. The SMILES string of the molecule is CC(C)S(=O)Nc1cccc(OCCNC(=O)OC(C)(C)C)c1. The summed E-state index contributed by atoms with van der Waals surface area (Å²) in [5, 5.41) is 2.65. The highest BCUT2D eigenvalue weighted by molar-refractivity contribution is 7.86. The third kappa shape index (κ3) is 8.44. The van der Waals surface area contributed by atoms with Gasteiger partial charge in [-0.1, -0.05) is 6.07 Å². The number of benzene rings is 1. The largest absolute Gasteiger partial charge is 0.492 e. The van der Waals surface area contributed by atoms with Crippen molar-refractivity contribution < 1.29 is 18.5 Å². The lowest BCUT2D eigenvalue weighted by atomic mass is 10.2. The van der Waals surface area contributed by atoms with E-state index in [-0.39, 0.29) is 5.25 Å². The molecule has 2 N–H and O–H groups in total. The molecule has 6 nitrogen and oxygen atoms in total. The summed E-state index contributed by atoms with van der Waals surface area (Å²) in [6.07, 6.45) is -0.469. The minimum Gasteiger partial charge on any atom is -0.492 e. The monoisotopic (exact) mass is 342 g/mol. The number of alkyl carbamates (subject to hydrolysis) is 1. The Kier molecular flexibility index (Phi) is 7.35. The van der Waals surface area contributed by atoms with E-state index in [1.807, 2.05) is 46.8 Å². The van der Waals surface area contributed by atoms with E-state index in [1.165, 1.54) is 0 Å². The van der Waals surface area contributed by atoms with Gasteiger partial charge in [0.2, 0.25) is 0 Å². The second kappa shape index (κ2) is 8.76. The zero-order valence-corrected chi connectivity index (χ0v) is 15.2. The number of carbonyl (C=O) groups excluding carboxylic acids is 1. The molecule has 0 saturated carbocycles. The normalized spacial score (nSPS) is 12.6. The lowest BCUT2D eigenvalue weighted by Crippen LogP contribution is -2.34. The van der Waals surface area contributed by atoms with Gasteiger partial charge in [-0.25, -0.2) is 9.00 Å². The fourth-order valence-corrected chi connectivity index (χ4v) is 2.11. The van der Waals surface area contributed by atoms with Crippen molar-refractivity contribution in [2.45, 2.75) is 45.5 Å². The highest BCUT2D eigenvalue weighted by Gasteiger charge is 2.15. The summed E-state index contributed by atoms with van der Waals surface area (Å²) >= 11 is 0. The fourth-order valence-electron chi connectivity index (χ4n) is 1.52. The van der Waals surface area contributed by atoms with E-state index in [2.05, 4.69) is 10.0 Å². The van der Waals surface area contributed by atoms with E-state index in [4.69, 9.17) is 9.47 Å². The zero-order valence-electron chi connectivity index (χ0n) is 14.3. The Labute approximate surface area is 140 Å². The highest BCUT2D eigenvalue weighted by atomic mass is 32.2. The molecule has 0 radical (unpaired) electrons. The van der Waals surface area contributed by atoms with Crippen molar-refractivity contribution in [3.05, 3.63) is 24.3 Å². The number of nitrogens with one attached hydrogen (secondary N) is 2. The topological polar surface area (TPSA) is 76.7 Å². The molecule has 130 valence electrons. The van der Waals surface area contributed by atoms with Crippen LogP contribution in [0.5, 0.6) is 5.75 Å². The minimum atomic E-state index is -1.13. The average Bonchev–Trinajstić information content (AvgIpc) is 2.42. The van der Waals surface area contributed by atoms with Gasteiger partial charge in [0.15, 0.2) is 0 Å². The van der Waals surface area contributed by atoms with Gasteiger partial charge >= 0.3 is 6.09 Å². The maximum atomic E-state index is 11.8. The van der Waals surface area contributed by atoms with Crippen LogP contribution in [0.15, 0.2) is 24.3 Å². The van der Waals surface area contributed by atoms with Gasteiger partial charge in [0.05, 0.1) is 6.54 Å². The predicted octanol–water partition coefficient (Wildman–Crippen LogP) is 3.07. The third-order valence-corrected chi connectivity index (χ3v) is 3.81. The molecule has 23 heavy (non-hydrogen) atoms. The minimum absolute atomic E-state index is 0.0256. The standard InChI is InChI=1S/C16H26N2O4S/c1-12(2)23(20)18-13-7-6-8-14(11-13)21-10-9-17-15(19)22-16(3,4)5/h6-8,11-12,18H,9-10H2,1-5H3,(H,17,19). The van der Waals surface area contributed by atoms with Crippen LogP contribution < -0.4 is 14.8 Å². The third-order valence-electron chi connectivity index (χ3n) is 2.52. The Bertz CT molecular complexity index is 541. The van der Waals surface area contributed by atoms with Gasteiger partial charge in [0.25, 0.3) is 0 Å². The van der Waals surface area contributed by atoms with Crippen LogP contribution in [0.1, 0.15) is 34.6 Å². The van der Waals surface area contributed by atoms with Crippen LogP contribution in [-0.4, -0.2) is 34.3 Å². The van der Waals surface area contributed by atoms with Crippen LogP contribution in [0.4, 0.5) is 10.5 Å². The fraction of sp³-hybridized carbons (Fsp3) is 0.562. The molecule has 1 rings (SSSR count). The van der Waals surface area contributed by atoms with Crippen LogP contribution in [0.3, 0.4) is 0 Å². The molecule has 1 aromatic carbocycles. The number of rotatable bonds is 7. The molecule has 1 unspecified atom stereocenters. The van der Waals surface area contributed by atoms with E-state index in [0.717, 1.165) is 5.69 Å². The lowest BCUT2D eigenvalue weighted by molar-refractivity contribution is 0.0520. The van der Waals surface area contributed by atoms with E-state index in [0.29, 0.717) is 18.9 Å². The van der Waals surface area contributed by atoms with Gasteiger partial charge in [0.1, 0.15) is 28.9 Å². The van der Waals surface area contributed by atoms with E-state index in [1.54, 1.807) is 12.1 Å². The smallest absolute Gasteiger partial charge is 0.407 e. The van der Waals surface area contributed by atoms with Gasteiger partial charge in [0, 0.05) is 17.0 Å². The van der Waals surface area contributed by atoms with Crippen molar-refractivity contribution in [2.75, 3.05) is 17.9 Å². The summed E-state index contributed by atoms with van der Waals surface area (Å²) in [4.78, 5) is 11.5. The van der Waals surface area contributed by atoms with Crippen molar-refractivity contribution in [1.29, 1.82) is 0 Å². The first-order valence-corrected chi connectivity index (χ1v) is 8.75. The van der Waals surface area contributed by atoms with Gasteiger partial charge < -0.3 is 19.5 Å². The quantitative estimate of drug-likeness (QED) is 0.747. The molecule has 1 aromatic rings. The maximum absolute atomic E-state index is 11.8. The average molecular weight is 342 g/mol. The van der Waals surface area contributed by atoms with Gasteiger partial charge in [-0.15, -0.1) is 0 Å². The molecule has 0 aliphatic carbocycles. The van der Waals surface area contributed by atoms with Crippen molar-refractivity contribution >= 4 is 22.8 Å². The summed E-state index contributed by atoms with van der Waals surface area (Å²) in [5.74, 6) is 0.641. The number of amides is 1. The zero-order chi connectivity index (χ0) is 17.5. The number of hydrogen-bond donors (Lipinski definition) is 2. The second-order valence-electron chi connectivity index (χ2n) is 6.25. The Hall–Kier alpha value is -1.76. The second-order valence-corrected chi connectivity index (χ2v) is 7.99. The van der Waals surface area contributed by atoms with Crippen LogP contribution >= 0.6 is 0 Å². The molecule has 0 saturated heterocycles. The number of ether oxygens (including phenoxy) is 2. The van der Waals surface area contributed by atoms with Crippen LogP contribution in [0.2, 0.25) is 0 Å². The molecule has 1 amide bonds. The van der Waals surface area contributed by atoms with Crippen molar-refractivity contribution in [3.8, 4) is 5.75 Å². The first kappa shape index (κ1) is 19.3. The van der Waals surface area contributed by atoms with Crippen molar-refractivity contribution in [1.82, 2.24) is 5.32 Å². The maximum Gasteiger partial charge on any atom is 0.407 e. The molecule has 0 aliphatic heterocycles. The van der Waals surface area contributed by atoms with E-state index >= 15 is 0 Å². The molecule has 1 atom stereocenters. The summed E-state index contributed by atoms with van der Waals surface area (Å²) in [5.41, 5.74) is 0.214. The molecule has 0 spiro atoms. The summed E-state index contributed by atoms with van der Waals surface area (Å²) in [7, 11) is -1.13. The predicted molar refractivity (Wildman–Crippen MR) is 93.1 cm³/mol. The van der Waals surface area contributed by atoms with E-state index < -0.39 is 22.7 Å². The summed E-state index contributed by atoms with van der Waals surface area (Å²) < 4.78 is 25.4. The molecule has 0 bridgehead atoms.